The lowest BCUT2D eigenvalue weighted by molar-refractivity contribution is -0.142. The predicted octanol–water partition coefficient (Wildman–Crippen LogP) is 7.74. The summed E-state index contributed by atoms with van der Waals surface area (Å²) in [4.78, 5) is 27.9. The maximum Gasteiger partial charge on any atom is 0.433 e. The number of hydrogen-bond acceptors (Lipinski definition) is 14. The summed E-state index contributed by atoms with van der Waals surface area (Å²) in [6.07, 6.45) is -2.48. The van der Waals surface area contributed by atoms with Crippen LogP contribution < -0.4 is 20.9 Å². The molecule has 0 amide bonds. The van der Waals surface area contributed by atoms with Crippen molar-refractivity contribution < 1.29 is 36.6 Å². The van der Waals surface area contributed by atoms with Crippen molar-refractivity contribution in [1.82, 2.24) is 29.9 Å². The van der Waals surface area contributed by atoms with Gasteiger partial charge in [-0.15, -0.1) is 0 Å². The maximum absolute atomic E-state index is 12.8. The summed E-state index contributed by atoms with van der Waals surface area (Å²) in [5.41, 5.74) is 12.9. The van der Waals surface area contributed by atoms with E-state index in [1.54, 1.807) is 0 Å². The highest BCUT2D eigenvalue weighted by Gasteiger charge is 2.33. The average molecular weight is 945 g/mol. The molecular formula is C46H43ClF6N12O2. The van der Waals surface area contributed by atoms with Gasteiger partial charge in [-0.3, -0.25) is 9.97 Å². The lowest BCUT2D eigenvalue weighted by atomic mass is 10.0. The van der Waals surface area contributed by atoms with Crippen LogP contribution in [0.2, 0.25) is 5.15 Å². The van der Waals surface area contributed by atoms with Crippen LogP contribution in [0.4, 0.5) is 43.5 Å². The second-order valence-electron chi connectivity index (χ2n) is 15.5. The van der Waals surface area contributed by atoms with E-state index in [9.17, 15) is 42.0 Å². The lowest BCUT2D eigenvalue weighted by Crippen LogP contribution is -2.33. The molecule has 0 saturated carbocycles. The molecular weight excluding hydrogens is 902 g/mol. The summed E-state index contributed by atoms with van der Waals surface area (Å²) in [6.45, 7) is 5.81. The minimum absolute atomic E-state index is 0.326. The first-order valence-electron chi connectivity index (χ1n) is 20.6. The molecule has 2 atom stereocenters. The van der Waals surface area contributed by atoms with Crippen molar-refractivity contribution in [3.8, 4) is 12.1 Å². The summed E-state index contributed by atoms with van der Waals surface area (Å²) >= 11 is 6.15. The first kappa shape index (κ1) is 49.5. The SMILES string of the molecule is Cc1ccc(N2CCc3ncnc(Cl)c3C2)c(C#N)c1.Cc1ccc(N2CCc3ncnc(N[C@H](CO)c4ccc(C(F)(F)F)nc4)c3C2)c(C#N)c1.N[C@H](CO)c1ccc(C(F)(F)F)nc1. The Morgan fingerprint density at radius 1 is 0.687 bits per heavy atom. The number of nitriles is 2. The number of fused-ring (bicyclic) bond motifs is 2. The summed E-state index contributed by atoms with van der Waals surface area (Å²) < 4.78 is 74.6. The van der Waals surface area contributed by atoms with Crippen molar-refractivity contribution in [2.45, 2.75) is 64.2 Å². The van der Waals surface area contributed by atoms with Crippen LogP contribution in [0.25, 0.3) is 0 Å². The zero-order chi connectivity index (χ0) is 48.5. The van der Waals surface area contributed by atoms with Gasteiger partial charge in [0.15, 0.2) is 0 Å². The number of aromatic nitrogens is 6. The second-order valence-corrected chi connectivity index (χ2v) is 15.8. The minimum atomic E-state index is -4.53. The Morgan fingerprint density at radius 3 is 1.64 bits per heavy atom. The van der Waals surface area contributed by atoms with Crippen molar-refractivity contribution in [2.24, 2.45) is 5.73 Å². The number of aliphatic hydroxyl groups excluding tert-OH is 2. The number of alkyl halides is 6. The number of halogens is 7. The Morgan fingerprint density at radius 2 is 1.18 bits per heavy atom. The summed E-state index contributed by atoms with van der Waals surface area (Å²) in [6, 6.07) is 19.0. The molecule has 0 fully saturated rings. The van der Waals surface area contributed by atoms with E-state index in [-0.39, 0.29) is 13.2 Å². The molecule has 0 saturated heterocycles. The number of rotatable bonds is 8. The maximum atomic E-state index is 12.8. The van der Waals surface area contributed by atoms with E-state index >= 15 is 0 Å². The van der Waals surface area contributed by atoms with E-state index in [2.05, 4.69) is 57.2 Å². The lowest BCUT2D eigenvalue weighted by Gasteiger charge is -2.32. The molecule has 2 aliphatic heterocycles. The van der Waals surface area contributed by atoms with Gasteiger partial charge in [0, 0.05) is 62.5 Å². The molecule has 5 N–H and O–H groups in total. The quantitative estimate of drug-likeness (QED) is 0.0850. The highest BCUT2D eigenvalue weighted by molar-refractivity contribution is 6.30. The van der Waals surface area contributed by atoms with Crippen LogP contribution in [-0.4, -0.2) is 66.4 Å². The Hall–Kier alpha value is -6.97. The van der Waals surface area contributed by atoms with Gasteiger partial charge < -0.3 is 31.1 Å². The van der Waals surface area contributed by atoms with Crippen molar-refractivity contribution in [2.75, 3.05) is 41.4 Å². The van der Waals surface area contributed by atoms with E-state index in [1.807, 2.05) is 50.2 Å². The van der Waals surface area contributed by atoms with Crippen LogP contribution in [0.15, 0.2) is 85.7 Å². The molecule has 0 aliphatic carbocycles. The Kier molecular flexibility index (Phi) is 15.9. The van der Waals surface area contributed by atoms with E-state index in [0.29, 0.717) is 59.3 Å². The minimum Gasteiger partial charge on any atom is -0.394 e. The fourth-order valence-corrected chi connectivity index (χ4v) is 7.50. The van der Waals surface area contributed by atoms with Gasteiger partial charge in [-0.05, 0) is 72.5 Å². The summed E-state index contributed by atoms with van der Waals surface area (Å²) in [7, 11) is 0. The van der Waals surface area contributed by atoms with Gasteiger partial charge in [-0.2, -0.15) is 36.9 Å². The molecule has 0 radical (unpaired) electrons. The van der Waals surface area contributed by atoms with Gasteiger partial charge >= 0.3 is 12.4 Å². The Bertz CT molecular complexity index is 2750. The number of benzene rings is 2. The third-order valence-corrected chi connectivity index (χ3v) is 11.2. The van der Waals surface area contributed by atoms with Gasteiger partial charge in [0.1, 0.15) is 47.2 Å². The molecule has 0 unspecified atom stereocenters. The largest absolute Gasteiger partial charge is 0.433 e. The second kappa shape index (κ2) is 21.6. The van der Waals surface area contributed by atoms with Crippen LogP contribution >= 0.6 is 11.6 Å². The molecule has 2 aromatic carbocycles. The number of aliphatic hydroxyl groups is 2. The smallest absolute Gasteiger partial charge is 0.394 e. The van der Waals surface area contributed by atoms with Crippen molar-refractivity contribution in [1.29, 1.82) is 10.5 Å². The molecule has 4 aromatic heterocycles. The molecule has 21 heteroatoms. The molecule has 67 heavy (non-hydrogen) atoms. The highest BCUT2D eigenvalue weighted by atomic mass is 35.5. The van der Waals surface area contributed by atoms with E-state index < -0.39 is 35.8 Å². The van der Waals surface area contributed by atoms with E-state index in [0.717, 1.165) is 82.5 Å². The Balaban J connectivity index is 0.000000184. The number of pyridine rings is 2. The standard InChI is InChI=1S/C23H21F3N6O.C15H13ClN4.C8H9F3N2O/c1-14-2-4-20(16(8-14)9-27)32-7-6-18-17(11-32)22(30-13-29-18)31-19(12-33)15-3-5-21(28-10-15)23(24,25)26;1-10-2-3-14(11(6-10)7-17)20-5-4-13-12(8-20)15(16)19-9-18-13;9-8(10,11)7-2-1-5(3-13-7)6(12)4-14/h2-5,8,10,13,19,33H,6-7,11-12H2,1H3,(H,29,30,31);2-3,6,9H,4-5,8H2,1H3;1-3,6,14H,4,12H2/t19-;;6-/m1.1/s1. The molecule has 2 aliphatic rings. The van der Waals surface area contributed by atoms with Gasteiger partial charge in [-0.25, -0.2) is 19.9 Å². The van der Waals surface area contributed by atoms with Crippen molar-refractivity contribution in [3.05, 3.63) is 158 Å². The van der Waals surface area contributed by atoms with Crippen LogP contribution in [0.1, 0.15) is 79.4 Å². The van der Waals surface area contributed by atoms with Crippen LogP contribution in [0, 0.1) is 36.5 Å². The molecule has 6 aromatic rings. The highest BCUT2D eigenvalue weighted by Crippen LogP contribution is 2.34. The number of nitrogens with two attached hydrogens (primary N) is 1. The first-order valence-corrected chi connectivity index (χ1v) is 20.9. The fraction of sp³-hybridized carbons (Fsp3) is 0.304. The number of aryl methyl sites for hydroxylation is 2. The number of hydrogen-bond donors (Lipinski definition) is 4. The molecule has 6 heterocycles. The number of nitrogens with zero attached hydrogens (tertiary/aromatic N) is 10. The molecule has 0 spiro atoms. The van der Waals surface area contributed by atoms with Crippen LogP contribution in [0.3, 0.4) is 0 Å². The van der Waals surface area contributed by atoms with Gasteiger partial charge in [-0.1, -0.05) is 35.9 Å². The van der Waals surface area contributed by atoms with Gasteiger partial charge in [0.05, 0.1) is 59.2 Å². The number of nitrogens with one attached hydrogen (secondary N) is 1. The summed E-state index contributed by atoms with van der Waals surface area (Å²) in [5.74, 6) is 0.481. The third-order valence-electron chi connectivity index (χ3n) is 10.9. The van der Waals surface area contributed by atoms with Crippen molar-refractivity contribution >= 4 is 28.8 Å². The normalized spacial score (nSPS) is 14.1. The monoisotopic (exact) mass is 944 g/mol. The Labute approximate surface area is 386 Å². The first-order chi connectivity index (χ1) is 31.9. The topological polar surface area (TPSA) is 210 Å². The van der Waals surface area contributed by atoms with Crippen LogP contribution in [-0.2, 0) is 38.3 Å². The predicted molar refractivity (Wildman–Crippen MR) is 236 cm³/mol. The molecule has 8 rings (SSSR count). The average Bonchev–Trinajstić information content (AvgIpc) is 3.32. The molecule has 14 nitrogen and oxygen atoms in total. The molecule has 0 bridgehead atoms. The molecule has 348 valence electrons. The summed E-state index contributed by atoms with van der Waals surface area (Å²) in [5, 5.41) is 41.0. The van der Waals surface area contributed by atoms with Gasteiger partial charge in [0.2, 0.25) is 0 Å². The zero-order valence-electron chi connectivity index (χ0n) is 36.0. The third kappa shape index (κ3) is 12.3. The number of anilines is 3. The zero-order valence-corrected chi connectivity index (χ0v) is 36.7. The van der Waals surface area contributed by atoms with Gasteiger partial charge in [0.25, 0.3) is 0 Å². The van der Waals surface area contributed by atoms with Crippen molar-refractivity contribution in [3.63, 3.8) is 0 Å². The van der Waals surface area contributed by atoms with E-state index in [4.69, 9.17) is 22.4 Å². The van der Waals surface area contributed by atoms with Crippen LogP contribution in [0.5, 0.6) is 0 Å². The van der Waals surface area contributed by atoms with E-state index in [1.165, 1.54) is 24.8 Å². The fourth-order valence-electron chi connectivity index (χ4n) is 7.29.